The van der Waals surface area contributed by atoms with Gasteiger partial charge < -0.3 is 9.64 Å². The van der Waals surface area contributed by atoms with Gasteiger partial charge in [-0.05, 0) is 32.0 Å². The van der Waals surface area contributed by atoms with Gasteiger partial charge in [-0.3, -0.25) is 9.48 Å². The van der Waals surface area contributed by atoms with Crippen LogP contribution in [0.3, 0.4) is 0 Å². The van der Waals surface area contributed by atoms with Crippen molar-refractivity contribution in [2.45, 2.75) is 26.1 Å². The molecule has 1 aromatic carbocycles. The van der Waals surface area contributed by atoms with Gasteiger partial charge in [0.1, 0.15) is 6.61 Å². The molecule has 0 spiro atoms. The molecule has 0 aliphatic carbocycles. The molecule has 164 valence electrons. The van der Waals surface area contributed by atoms with E-state index in [9.17, 15) is 18.0 Å². The Morgan fingerprint density at radius 3 is 2.52 bits per heavy atom. The molecule has 3 rings (SSSR count). The maximum absolute atomic E-state index is 13.3. The summed E-state index contributed by atoms with van der Waals surface area (Å²) in [5.74, 6) is -0.113. The Labute approximate surface area is 178 Å². The summed E-state index contributed by atoms with van der Waals surface area (Å²) >= 11 is 0. The van der Waals surface area contributed by atoms with Crippen LogP contribution in [0.4, 0.5) is 13.2 Å². The van der Waals surface area contributed by atoms with Crippen LogP contribution >= 0.6 is 0 Å². The fourth-order valence-electron chi connectivity index (χ4n) is 3.19. The minimum atomic E-state index is -4.45. The van der Waals surface area contributed by atoms with Crippen LogP contribution < -0.4 is 4.74 Å². The summed E-state index contributed by atoms with van der Waals surface area (Å²) in [5, 5.41) is 4.39. The fourth-order valence-corrected chi connectivity index (χ4v) is 3.19. The number of hydrogen-bond donors (Lipinski definition) is 0. The molecule has 0 N–H and O–H groups in total. The smallest absolute Gasteiger partial charge is 0.417 e. The van der Waals surface area contributed by atoms with Crippen molar-refractivity contribution in [1.29, 1.82) is 0 Å². The van der Waals surface area contributed by atoms with E-state index >= 15 is 0 Å². The molecular formula is C22H23F3N4O2. The highest BCUT2D eigenvalue weighted by Gasteiger charge is 2.31. The average molecular weight is 432 g/mol. The van der Waals surface area contributed by atoms with Gasteiger partial charge in [-0.15, -0.1) is 0 Å². The second-order valence-corrected chi connectivity index (χ2v) is 7.05. The van der Waals surface area contributed by atoms with E-state index in [1.807, 2.05) is 38.2 Å². The molecule has 6 nitrogen and oxygen atoms in total. The Morgan fingerprint density at radius 1 is 1.19 bits per heavy atom. The lowest BCUT2D eigenvalue weighted by Gasteiger charge is -2.28. The number of amides is 1. The molecule has 1 atom stereocenters. The highest BCUT2D eigenvalue weighted by molar-refractivity contribution is 6.00. The molecule has 3 aromatic rings. The molecule has 31 heavy (non-hydrogen) atoms. The molecule has 0 bridgehead atoms. The minimum absolute atomic E-state index is 0.0669. The molecule has 9 heteroatoms. The van der Waals surface area contributed by atoms with Crippen LogP contribution in [0, 0.1) is 0 Å². The van der Waals surface area contributed by atoms with E-state index < -0.39 is 11.7 Å². The number of halogens is 3. The van der Waals surface area contributed by atoms with Crippen LogP contribution in [0.5, 0.6) is 5.88 Å². The number of alkyl halides is 3. The second kappa shape index (κ2) is 9.20. The Hall–Kier alpha value is -3.36. The third kappa shape index (κ3) is 5.22. The standard InChI is InChI=1S/C22H23F3N4O2/c1-4-29(15(2)14-31-20-10-9-16(13-26-20)22(23,24)25)21(30)18-8-6-5-7-17(18)19-11-12-28(3)27-19/h5-13,15H,4,14H2,1-3H3/t15-/m0/s1. The third-order valence-corrected chi connectivity index (χ3v) is 4.82. The van der Waals surface area contributed by atoms with Crippen LogP contribution in [0.25, 0.3) is 11.3 Å². The van der Waals surface area contributed by atoms with E-state index in [2.05, 4.69) is 10.1 Å². The quantitative estimate of drug-likeness (QED) is 0.554. The Morgan fingerprint density at radius 2 is 1.94 bits per heavy atom. The molecule has 0 fully saturated rings. The summed E-state index contributed by atoms with van der Waals surface area (Å²) in [6.45, 7) is 4.19. The van der Waals surface area contributed by atoms with Gasteiger partial charge >= 0.3 is 6.18 Å². The van der Waals surface area contributed by atoms with E-state index in [1.165, 1.54) is 6.07 Å². The van der Waals surface area contributed by atoms with Gasteiger partial charge in [-0.2, -0.15) is 18.3 Å². The average Bonchev–Trinajstić information content (AvgIpc) is 3.18. The Balaban J connectivity index is 1.72. The normalized spacial score (nSPS) is 12.5. The fraction of sp³-hybridized carbons (Fsp3) is 0.318. The van der Waals surface area contributed by atoms with Crippen molar-refractivity contribution in [3.8, 4) is 17.1 Å². The van der Waals surface area contributed by atoms with Crippen molar-refractivity contribution in [2.24, 2.45) is 7.05 Å². The van der Waals surface area contributed by atoms with Crippen molar-refractivity contribution in [3.63, 3.8) is 0 Å². The molecule has 0 unspecified atom stereocenters. The summed E-state index contributed by atoms with van der Waals surface area (Å²) in [7, 11) is 1.81. The van der Waals surface area contributed by atoms with E-state index in [0.717, 1.165) is 17.8 Å². The first-order valence-electron chi connectivity index (χ1n) is 9.76. The van der Waals surface area contributed by atoms with Crippen LogP contribution in [-0.2, 0) is 13.2 Å². The summed E-state index contributed by atoms with van der Waals surface area (Å²) in [6, 6.07) is 10.8. The summed E-state index contributed by atoms with van der Waals surface area (Å²) < 4.78 is 45.2. The first-order valence-corrected chi connectivity index (χ1v) is 9.76. The zero-order chi connectivity index (χ0) is 22.6. The number of aromatic nitrogens is 3. The first kappa shape index (κ1) is 22.3. The molecular weight excluding hydrogens is 409 g/mol. The maximum Gasteiger partial charge on any atom is 0.417 e. The van der Waals surface area contributed by atoms with Crippen molar-refractivity contribution >= 4 is 5.91 Å². The highest BCUT2D eigenvalue weighted by atomic mass is 19.4. The Bertz CT molecular complexity index is 1030. The van der Waals surface area contributed by atoms with Crippen LogP contribution in [0.15, 0.2) is 54.9 Å². The minimum Gasteiger partial charge on any atom is -0.475 e. The Kier molecular flexibility index (Phi) is 6.62. The molecule has 0 saturated carbocycles. The lowest BCUT2D eigenvalue weighted by molar-refractivity contribution is -0.137. The van der Waals surface area contributed by atoms with Gasteiger partial charge in [0.15, 0.2) is 0 Å². The summed E-state index contributed by atoms with van der Waals surface area (Å²) in [6.07, 6.45) is -1.92. The van der Waals surface area contributed by atoms with Gasteiger partial charge in [0.05, 0.1) is 17.3 Å². The monoisotopic (exact) mass is 432 g/mol. The van der Waals surface area contributed by atoms with Crippen LogP contribution in [-0.4, -0.2) is 44.8 Å². The SMILES string of the molecule is CCN(C(=O)c1ccccc1-c1ccn(C)n1)[C@@H](C)COc1ccc(C(F)(F)F)cn1. The molecule has 1 amide bonds. The zero-order valence-corrected chi connectivity index (χ0v) is 17.4. The second-order valence-electron chi connectivity index (χ2n) is 7.05. The van der Waals surface area contributed by atoms with Crippen molar-refractivity contribution in [1.82, 2.24) is 19.7 Å². The number of pyridine rings is 1. The van der Waals surface area contributed by atoms with Gasteiger partial charge in [0.2, 0.25) is 5.88 Å². The molecule has 0 aliphatic heterocycles. The largest absolute Gasteiger partial charge is 0.475 e. The number of likely N-dealkylation sites (N-methyl/N-ethyl adjacent to an activating group) is 1. The van der Waals surface area contributed by atoms with Crippen molar-refractivity contribution in [3.05, 3.63) is 66.0 Å². The van der Waals surface area contributed by atoms with Gasteiger partial charge in [0, 0.05) is 43.2 Å². The zero-order valence-electron chi connectivity index (χ0n) is 17.4. The molecule has 0 saturated heterocycles. The number of hydrogen-bond acceptors (Lipinski definition) is 4. The number of nitrogens with zero attached hydrogens (tertiary/aromatic N) is 4. The molecule has 0 aliphatic rings. The van der Waals surface area contributed by atoms with Crippen molar-refractivity contribution < 1.29 is 22.7 Å². The third-order valence-electron chi connectivity index (χ3n) is 4.82. The van der Waals surface area contributed by atoms with Gasteiger partial charge in [0.25, 0.3) is 5.91 Å². The maximum atomic E-state index is 13.3. The van der Waals surface area contributed by atoms with E-state index in [4.69, 9.17) is 4.74 Å². The van der Waals surface area contributed by atoms with E-state index in [0.29, 0.717) is 17.8 Å². The number of rotatable bonds is 7. The van der Waals surface area contributed by atoms with Crippen LogP contribution in [0.2, 0.25) is 0 Å². The summed E-state index contributed by atoms with van der Waals surface area (Å²) in [4.78, 5) is 18.6. The van der Waals surface area contributed by atoms with Crippen molar-refractivity contribution in [2.75, 3.05) is 13.2 Å². The van der Waals surface area contributed by atoms with Gasteiger partial charge in [-0.1, -0.05) is 18.2 Å². The highest BCUT2D eigenvalue weighted by Crippen LogP contribution is 2.29. The van der Waals surface area contributed by atoms with E-state index in [-0.39, 0.29) is 24.4 Å². The number of ether oxygens (including phenoxy) is 1. The summed E-state index contributed by atoms with van der Waals surface area (Å²) in [5.41, 5.74) is 1.09. The molecule has 2 heterocycles. The van der Waals surface area contributed by atoms with Gasteiger partial charge in [-0.25, -0.2) is 4.98 Å². The van der Waals surface area contributed by atoms with E-state index in [1.54, 1.807) is 28.8 Å². The topological polar surface area (TPSA) is 60.2 Å². The molecule has 2 aromatic heterocycles. The first-order chi connectivity index (χ1) is 14.7. The number of carbonyl (C=O) groups excluding carboxylic acids is 1. The van der Waals surface area contributed by atoms with Crippen LogP contribution in [0.1, 0.15) is 29.8 Å². The predicted molar refractivity (Wildman–Crippen MR) is 110 cm³/mol. The number of carbonyl (C=O) groups is 1. The molecule has 0 radical (unpaired) electrons. The number of aryl methyl sites for hydroxylation is 1. The number of benzene rings is 1. The predicted octanol–water partition coefficient (Wildman–Crippen LogP) is 4.43. The lowest BCUT2D eigenvalue weighted by atomic mass is 10.0. The lowest BCUT2D eigenvalue weighted by Crippen LogP contribution is -2.42.